The van der Waals surface area contributed by atoms with Gasteiger partial charge in [0.1, 0.15) is 0 Å². The molecule has 5 nitrogen and oxygen atoms in total. The number of amides is 1. The number of nitrogens with zero attached hydrogens (tertiary/aromatic N) is 1. The van der Waals surface area contributed by atoms with Gasteiger partial charge in [0.05, 0.1) is 6.54 Å². The number of nitrogens with one attached hydrogen (secondary N) is 3. The van der Waals surface area contributed by atoms with E-state index in [-0.39, 0.29) is 17.9 Å². The Hall–Kier alpha value is -3.26. The maximum Gasteiger partial charge on any atom is 0.243 e. The third-order valence-corrected chi connectivity index (χ3v) is 4.21. The van der Waals surface area contributed by atoms with Crippen LogP contribution < -0.4 is 16.0 Å². The zero-order chi connectivity index (χ0) is 19.7. The van der Waals surface area contributed by atoms with Gasteiger partial charge in [0.25, 0.3) is 0 Å². The summed E-state index contributed by atoms with van der Waals surface area (Å²) in [6.45, 7) is 5.11. The molecule has 3 N–H and O–H groups in total. The van der Waals surface area contributed by atoms with Gasteiger partial charge in [0, 0.05) is 30.3 Å². The summed E-state index contributed by atoms with van der Waals surface area (Å²) in [4.78, 5) is 16.3. The lowest BCUT2D eigenvalue weighted by Gasteiger charge is -2.26. The Morgan fingerprint density at radius 2 is 1.85 bits per heavy atom. The van der Waals surface area contributed by atoms with E-state index in [4.69, 9.17) is 6.42 Å². The van der Waals surface area contributed by atoms with Crippen LogP contribution in [0.25, 0.3) is 0 Å². The van der Waals surface area contributed by atoms with Crippen molar-refractivity contribution in [1.29, 1.82) is 0 Å². The van der Waals surface area contributed by atoms with E-state index in [1.807, 2.05) is 30.3 Å². The van der Waals surface area contributed by atoms with Crippen LogP contribution in [0.5, 0.6) is 0 Å². The molecular formula is C22H26N4O. The Labute approximate surface area is 161 Å². The Morgan fingerprint density at radius 3 is 2.52 bits per heavy atom. The lowest BCUT2D eigenvalue weighted by atomic mass is 9.85. The maximum atomic E-state index is 12.1. The van der Waals surface area contributed by atoms with Gasteiger partial charge in [-0.25, -0.2) is 0 Å². The fourth-order valence-electron chi connectivity index (χ4n) is 2.57. The van der Waals surface area contributed by atoms with Crippen molar-refractivity contribution in [2.45, 2.75) is 19.3 Å². The number of guanidine groups is 1. The predicted octanol–water partition coefficient (Wildman–Crippen LogP) is 2.75. The summed E-state index contributed by atoms with van der Waals surface area (Å²) in [5, 5.41) is 9.12. The van der Waals surface area contributed by atoms with Gasteiger partial charge >= 0.3 is 0 Å². The van der Waals surface area contributed by atoms with Gasteiger partial charge in [-0.15, -0.1) is 6.42 Å². The normalized spacial score (nSPS) is 11.4. The highest BCUT2D eigenvalue weighted by atomic mass is 16.1. The minimum absolute atomic E-state index is 0.0726. The molecule has 0 aliphatic carbocycles. The lowest BCUT2D eigenvalue weighted by Crippen LogP contribution is -2.45. The molecule has 1 amide bonds. The molecule has 0 fully saturated rings. The molecule has 2 aromatic carbocycles. The number of hydrogen-bond acceptors (Lipinski definition) is 2. The third kappa shape index (κ3) is 6.19. The molecule has 0 bridgehead atoms. The molecule has 0 radical (unpaired) electrons. The van der Waals surface area contributed by atoms with Crippen LogP contribution in [0.15, 0.2) is 59.6 Å². The zero-order valence-corrected chi connectivity index (χ0v) is 16.0. The summed E-state index contributed by atoms with van der Waals surface area (Å²) in [5.74, 6) is 2.95. The van der Waals surface area contributed by atoms with Gasteiger partial charge in [-0.05, 0) is 23.8 Å². The van der Waals surface area contributed by atoms with Crippen LogP contribution in [0.1, 0.15) is 25.0 Å². The number of carbonyl (C=O) groups is 1. The van der Waals surface area contributed by atoms with Crippen molar-refractivity contribution < 1.29 is 4.79 Å². The number of terminal acetylenes is 1. The highest BCUT2D eigenvalue weighted by Gasteiger charge is 2.20. The van der Waals surface area contributed by atoms with E-state index in [1.165, 1.54) is 5.56 Å². The molecule has 27 heavy (non-hydrogen) atoms. The number of anilines is 1. The van der Waals surface area contributed by atoms with Crippen molar-refractivity contribution in [2.24, 2.45) is 4.99 Å². The van der Waals surface area contributed by atoms with E-state index >= 15 is 0 Å². The standard InChI is InChI=1S/C22H26N4O/c1-5-17-10-9-13-19(14-17)26-20(27)15-24-21(23-4)25-16-22(2,3)18-11-7-6-8-12-18/h1,6-14H,15-16H2,2-4H3,(H,26,27)(H2,23,24,25). The Morgan fingerprint density at radius 1 is 1.11 bits per heavy atom. The lowest BCUT2D eigenvalue weighted by molar-refractivity contribution is -0.115. The van der Waals surface area contributed by atoms with Crippen molar-refractivity contribution >= 4 is 17.6 Å². The molecule has 2 rings (SSSR count). The first kappa shape index (κ1) is 20.1. The van der Waals surface area contributed by atoms with Gasteiger partial charge in [-0.1, -0.05) is 56.2 Å². The minimum Gasteiger partial charge on any atom is -0.356 e. The van der Waals surface area contributed by atoms with E-state index < -0.39 is 0 Å². The fraction of sp³-hybridized carbons (Fsp3) is 0.273. The first-order valence-electron chi connectivity index (χ1n) is 8.81. The molecule has 0 aromatic heterocycles. The molecule has 0 spiro atoms. The molecular weight excluding hydrogens is 336 g/mol. The average molecular weight is 362 g/mol. The van der Waals surface area contributed by atoms with Gasteiger partial charge in [-0.3, -0.25) is 9.79 Å². The molecule has 0 unspecified atom stereocenters. The summed E-state index contributed by atoms with van der Waals surface area (Å²) in [6.07, 6.45) is 5.38. The first-order valence-corrected chi connectivity index (χ1v) is 8.81. The quantitative estimate of drug-likeness (QED) is 0.421. The van der Waals surface area contributed by atoms with Gasteiger partial charge in [0.2, 0.25) is 5.91 Å². The second-order valence-corrected chi connectivity index (χ2v) is 6.80. The van der Waals surface area contributed by atoms with Gasteiger partial charge < -0.3 is 16.0 Å². The van der Waals surface area contributed by atoms with Gasteiger partial charge in [-0.2, -0.15) is 0 Å². The number of rotatable bonds is 6. The number of carbonyl (C=O) groups excluding carboxylic acids is 1. The largest absolute Gasteiger partial charge is 0.356 e. The van der Waals surface area contributed by atoms with E-state index in [0.29, 0.717) is 18.2 Å². The summed E-state index contributed by atoms with van der Waals surface area (Å²) in [7, 11) is 1.68. The summed E-state index contributed by atoms with van der Waals surface area (Å²) < 4.78 is 0. The molecule has 5 heteroatoms. The minimum atomic E-state index is -0.172. The van der Waals surface area contributed by atoms with Crippen LogP contribution in [-0.2, 0) is 10.2 Å². The monoisotopic (exact) mass is 362 g/mol. The van der Waals surface area contributed by atoms with Crippen molar-refractivity contribution in [2.75, 3.05) is 25.5 Å². The first-order chi connectivity index (χ1) is 12.9. The zero-order valence-electron chi connectivity index (χ0n) is 16.0. The number of aliphatic imine (C=N–C) groups is 1. The van der Waals surface area contributed by atoms with E-state index in [0.717, 1.165) is 5.56 Å². The Balaban J connectivity index is 1.84. The van der Waals surface area contributed by atoms with Crippen LogP contribution in [0.4, 0.5) is 5.69 Å². The van der Waals surface area contributed by atoms with Crippen molar-refractivity contribution in [3.05, 3.63) is 65.7 Å². The van der Waals surface area contributed by atoms with E-state index in [9.17, 15) is 4.79 Å². The van der Waals surface area contributed by atoms with Gasteiger partial charge in [0.15, 0.2) is 5.96 Å². The van der Waals surface area contributed by atoms with Crippen LogP contribution in [0.2, 0.25) is 0 Å². The summed E-state index contributed by atoms with van der Waals surface area (Å²) in [5.41, 5.74) is 2.56. The van der Waals surface area contributed by atoms with Crippen molar-refractivity contribution in [1.82, 2.24) is 10.6 Å². The van der Waals surface area contributed by atoms with Crippen LogP contribution in [0.3, 0.4) is 0 Å². The summed E-state index contributed by atoms with van der Waals surface area (Å²) >= 11 is 0. The second-order valence-electron chi connectivity index (χ2n) is 6.80. The molecule has 0 aliphatic heterocycles. The van der Waals surface area contributed by atoms with Crippen LogP contribution in [0, 0.1) is 12.3 Å². The smallest absolute Gasteiger partial charge is 0.243 e. The van der Waals surface area contributed by atoms with Crippen LogP contribution in [-0.4, -0.2) is 32.0 Å². The van der Waals surface area contributed by atoms with E-state index in [2.05, 4.69) is 52.8 Å². The van der Waals surface area contributed by atoms with Crippen LogP contribution >= 0.6 is 0 Å². The topological polar surface area (TPSA) is 65.5 Å². The fourth-order valence-corrected chi connectivity index (χ4v) is 2.57. The Bertz CT molecular complexity index is 835. The summed E-state index contributed by atoms with van der Waals surface area (Å²) in [6, 6.07) is 17.5. The second kappa shape index (κ2) is 9.44. The molecule has 140 valence electrons. The molecule has 2 aromatic rings. The molecule has 0 aliphatic rings. The maximum absolute atomic E-state index is 12.1. The molecule has 0 heterocycles. The highest BCUT2D eigenvalue weighted by Crippen LogP contribution is 2.21. The molecule has 0 saturated carbocycles. The number of benzene rings is 2. The third-order valence-electron chi connectivity index (χ3n) is 4.21. The highest BCUT2D eigenvalue weighted by molar-refractivity contribution is 5.95. The average Bonchev–Trinajstić information content (AvgIpc) is 2.69. The van der Waals surface area contributed by atoms with Crippen molar-refractivity contribution in [3.63, 3.8) is 0 Å². The Kier molecular flexibility index (Phi) is 7.01. The molecule has 0 saturated heterocycles. The SMILES string of the molecule is C#Cc1cccc(NC(=O)CNC(=NC)NCC(C)(C)c2ccccc2)c1. The van der Waals surface area contributed by atoms with Crippen molar-refractivity contribution in [3.8, 4) is 12.3 Å². The molecule has 0 atom stereocenters. The van der Waals surface area contributed by atoms with E-state index in [1.54, 1.807) is 19.2 Å². The number of hydrogen-bond donors (Lipinski definition) is 3. The predicted molar refractivity (Wildman–Crippen MR) is 112 cm³/mol.